The number of nitrogens with zero attached hydrogens (tertiary/aromatic N) is 2. The molecule has 0 N–H and O–H groups in total. The summed E-state index contributed by atoms with van der Waals surface area (Å²) in [5, 5.41) is 0. The Morgan fingerprint density at radius 2 is 0.478 bits per heavy atom. The smallest absolute Gasteiger partial charge is 0.143 e. The molecule has 0 radical (unpaired) electrons. The summed E-state index contributed by atoms with van der Waals surface area (Å²) in [6, 6.07) is 77.0. The van der Waals surface area contributed by atoms with Crippen LogP contribution in [0.5, 0.6) is 57.5 Å². The highest BCUT2D eigenvalue weighted by molar-refractivity contribution is 5.90. The van der Waals surface area contributed by atoms with Crippen LogP contribution in [0.3, 0.4) is 0 Å². The second-order valence-corrected chi connectivity index (χ2v) is 20.6. The molecule has 0 aliphatic heterocycles. The van der Waals surface area contributed by atoms with Crippen LogP contribution in [0.15, 0.2) is 255 Å². The molecule has 10 aromatic carbocycles. The van der Waals surface area contributed by atoms with Gasteiger partial charge in [0, 0.05) is 64.4 Å². The van der Waals surface area contributed by atoms with E-state index in [2.05, 4.69) is 168 Å². The van der Waals surface area contributed by atoms with Crippen LogP contribution < -0.4 is 57.2 Å². The van der Waals surface area contributed by atoms with E-state index in [1.165, 1.54) is 0 Å². The molecule has 0 aromatic heterocycles. The summed E-state index contributed by atoms with van der Waals surface area (Å²) >= 11 is 0. The quantitative estimate of drug-likeness (QED) is 0.0545. The summed E-state index contributed by atoms with van der Waals surface area (Å²) in [7, 11) is 16.7. The van der Waals surface area contributed by atoms with Crippen LogP contribution >= 0.6 is 0 Å². The van der Waals surface area contributed by atoms with Gasteiger partial charge in [0.1, 0.15) is 57.5 Å². The zero-order chi connectivity index (χ0) is 62.9. The number of ether oxygens (including phenoxy) is 10. The highest BCUT2D eigenvalue weighted by Gasteiger charge is 2.21. The lowest BCUT2D eigenvalue weighted by molar-refractivity contribution is 0.414. The minimum atomic E-state index is 0.596. The van der Waals surface area contributed by atoms with Crippen molar-refractivity contribution < 1.29 is 47.4 Å². The van der Waals surface area contributed by atoms with E-state index in [0.717, 1.165) is 135 Å². The molecule has 0 aliphatic rings. The Morgan fingerprint density at radius 1 is 0.233 bits per heavy atom. The van der Waals surface area contributed by atoms with Gasteiger partial charge in [0.2, 0.25) is 0 Å². The van der Waals surface area contributed by atoms with Gasteiger partial charge in [-0.25, -0.2) is 0 Å². The van der Waals surface area contributed by atoms with E-state index >= 15 is 0 Å². The fraction of sp³-hybridized carbons (Fsp3) is 0.128. The maximum atomic E-state index is 6.48. The summed E-state index contributed by atoms with van der Waals surface area (Å²) in [6.45, 7) is 0. The Hall–Kier alpha value is -11.2. The Balaban J connectivity index is 1.17. The third-order valence-electron chi connectivity index (χ3n) is 15.5. The van der Waals surface area contributed by atoms with Crippen LogP contribution in [0.1, 0.15) is 44.5 Å². The molecule has 12 nitrogen and oxygen atoms in total. The van der Waals surface area contributed by atoms with Gasteiger partial charge in [-0.05, 0) is 171 Å². The molecule has 90 heavy (non-hydrogen) atoms. The highest BCUT2D eigenvalue weighted by Crippen LogP contribution is 2.43. The summed E-state index contributed by atoms with van der Waals surface area (Å²) in [4.78, 5) is 4.27. The van der Waals surface area contributed by atoms with E-state index in [0.29, 0.717) is 11.5 Å². The van der Waals surface area contributed by atoms with Crippen molar-refractivity contribution in [2.75, 3.05) is 80.9 Å². The third-order valence-corrected chi connectivity index (χ3v) is 15.5. The first-order valence-electron chi connectivity index (χ1n) is 29.1. The lowest BCUT2D eigenvalue weighted by atomic mass is 9.96. The number of rotatable bonds is 25. The van der Waals surface area contributed by atoms with Gasteiger partial charge in [-0.2, -0.15) is 0 Å². The molecule has 0 unspecified atom stereocenters. The zero-order valence-corrected chi connectivity index (χ0v) is 52.2. The van der Waals surface area contributed by atoms with Gasteiger partial charge in [0.05, 0.1) is 76.8 Å². The lowest BCUT2D eigenvalue weighted by Crippen LogP contribution is -2.12. The average Bonchev–Trinajstić information content (AvgIpc) is 3.22. The van der Waals surface area contributed by atoms with E-state index in [-0.39, 0.29) is 0 Å². The Morgan fingerprint density at radius 3 is 0.711 bits per heavy atom. The summed E-state index contributed by atoms with van der Waals surface area (Å²) in [5.41, 5.74) is 14.6. The molecule has 454 valence electrons. The molecule has 0 bridgehead atoms. The second kappa shape index (κ2) is 29.4. The molecule has 0 fully saturated rings. The van der Waals surface area contributed by atoms with Crippen molar-refractivity contribution in [1.29, 1.82) is 0 Å². The molecule has 0 spiro atoms. The van der Waals surface area contributed by atoms with Gasteiger partial charge in [-0.3, -0.25) is 0 Å². The molecule has 0 saturated heterocycles. The average molecular weight is 1200 g/mol. The maximum absolute atomic E-state index is 6.48. The molecular formula is C78H72N2O10. The van der Waals surface area contributed by atoms with Crippen molar-refractivity contribution in [2.24, 2.45) is 0 Å². The van der Waals surface area contributed by atoms with Crippen molar-refractivity contribution >= 4 is 33.7 Å². The minimum absolute atomic E-state index is 0.596. The van der Waals surface area contributed by atoms with Gasteiger partial charge >= 0.3 is 0 Å². The predicted octanol–water partition coefficient (Wildman–Crippen LogP) is 17.4. The number of benzene rings is 10. The van der Waals surface area contributed by atoms with Crippen molar-refractivity contribution in [1.82, 2.24) is 0 Å². The minimum Gasteiger partial charge on any atom is -0.497 e. The standard InChI is InChI=1S/C78H72N2O10/c1-81-63-29-11-53(12-30-63)72(54-13-31-64(82-2)32-14-54)49-79(50-73(55-15-33-65(83-3)34-16-55)56-17-35-66(84-4)36-18-56)62-28-45-71(77(48-62)89-9)61-27-46-76(78(47-61)90-10)80(51-74(57-19-37-67(85-5)38-20-57)58-21-39-68(86-6)40-22-58)52-75(59-23-41-69(87-7)42-24-59)60-25-43-70(88-8)44-26-60/h11-52H,1-10H3. The van der Waals surface area contributed by atoms with E-state index in [1.54, 1.807) is 71.1 Å². The topological polar surface area (TPSA) is 98.8 Å². The SMILES string of the molecule is COc1ccc(C(=CN(C=C(c2ccc(OC)cc2)c2ccc(OC)cc2)c2ccc(-c3ccc(N(C=C(c4ccc(OC)cc4)c4ccc(OC)cc4)C=C(c4ccc(OC)cc4)c4ccc(OC)cc4)c(OC)c3)c(OC)c2)c2ccc(OC)cc2)cc1. The van der Waals surface area contributed by atoms with Crippen LogP contribution in [0.25, 0.3) is 33.4 Å². The lowest BCUT2D eigenvalue weighted by Gasteiger charge is -2.25. The van der Waals surface area contributed by atoms with Crippen molar-refractivity contribution in [2.45, 2.75) is 0 Å². The van der Waals surface area contributed by atoms with Crippen LogP contribution in [0, 0.1) is 0 Å². The van der Waals surface area contributed by atoms with Gasteiger partial charge in [0.25, 0.3) is 0 Å². The summed E-state index contributed by atoms with van der Waals surface area (Å²) in [6.07, 6.45) is 8.57. The molecular weight excluding hydrogens is 1120 g/mol. The number of methoxy groups -OCH3 is 10. The van der Waals surface area contributed by atoms with Crippen LogP contribution in [0.4, 0.5) is 11.4 Å². The van der Waals surface area contributed by atoms with Gasteiger partial charge in [-0.15, -0.1) is 0 Å². The third kappa shape index (κ3) is 14.4. The van der Waals surface area contributed by atoms with Crippen molar-refractivity contribution in [3.05, 3.63) is 300 Å². The first-order chi connectivity index (χ1) is 44.1. The van der Waals surface area contributed by atoms with Crippen LogP contribution in [-0.2, 0) is 0 Å². The fourth-order valence-corrected chi connectivity index (χ4v) is 10.5. The highest BCUT2D eigenvalue weighted by atomic mass is 16.5. The molecule has 10 aromatic rings. The number of hydrogen-bond donors (Lipinski definition) is 0. The largest absolute Gasteiger partial charge is 0.497 e. The Kier molecular flexibility index (Phi) is 20.2. The van der Waals surface area contributed by atoms with Crippen molar-refractivity contribution in [3.8, 4) is 68.6 Å². The molecule has 0 amide bonds. The summed E-state index contributed by atoms with van der Waals surface area (Å²) in [5.74, 6) is 7.17. The number of hydrogen-bond acceptors (Lipinski definition) is 12. The zero-order valence-electron chi connectivity index (χ0n) is 52.2. The monoisotopic (exact) mass is 1200 g/mol. The summed E-state index contributed by atoms with van der Waals surface area (Å²) < 4.78 is 58.0. The molecule has 10 rings (SSSR count). The first-order valence-corrected chi connectivity index (χ1v) is 29.1. The van der Waals surface area contributed by atoms with E-state index in [4.69, 9.17) is 47.4 Å². The van der Waals surface area contributed by atoms with E-state index < -0.39 is 0 Å². The van der Waals surface area contributed by atoms with Gasteiger partial charge in [-0.1, -0.05) is 103 Å². The molecule has 12 heteroatoms. The fourth-order valence-electron chi connectivity index (χ4n) is 10.5. The molecule has 0 heterocycles. The number of anilines is 2. The Bertz CT molecular complexity index is 3710. The molecule has 0 saturated carbocycles. The first kappa shape index (κ1) is 61.8. The molecule has 0 atom stereocenters. The van der Waals surface area contributed by atoms with E-state index in [9.17, 15) is 0 Å². The van der Waals surface area contributed by atoms with Crippen molar-refractivity contribution in [3.63, 3.8) is 0 Å². The van der Waals surface area contributed by atoms with Crippen LogP contribution in [-0.4, -0.2) is 71.1 Å². The van der Waals surface area contributed by atoms with E-state index in [1.807, 2.05) is 97.1 Å². The Labute approximate surface area is 527 Å². The molecule has 0 aliphatic carbocycles. The normalized spacial score (nSPS) is 10.6. The maximum Gasteiger partial charge on any atom is 0.143 e. The second-order valence-electron chi connectivity index (χ2n) is 20.6. The van der Waals surface area contributed by atoms with Gasteiger partial charge < -0.3 is 57.2 Å². The van der Waals surface area contributed by atoms with Crippen LogP contribution in [0.2, 0.25) is 0 Å². The van der Waals surface area contributed by atoms with Gasteiger partial charge in [0.15, 0.2) is 0 Å². The predicted molar refractivity (Wildman–Crippen MR) is 362 cm³/mol.